The Morgan fingerprint density at radius 2 is 2.50 bits per heavy atom. The summed E-state index contributed by atoms with van der Waals surface area (Å²) in [7, 11) is 0. The average molecular weight is 212 g/mol. The first-order chi connectivity index (χ1) is 6.56. The molecule has 0 aliphatic rings. The van der Waals surface area contributed by atoms with Crippen LogP contribution in [0, 0.1) is 0 Å². The van der Waals surface area contributed by atoms with Crippen LogP contribution in [0.1, 0.15) is 19.5 Å². The monoisotopic (exact) mass is 212 g/mol. The van der Waals surface area contributed by atoms with Crippen LogP contribution in [0.5, 0.6) is 0 Å². The van der Waals surface area contributed by atoms with E-state index in [1.54, 1.807) is 19.2 Å². The van der Waals surface area contributed by atoms with Crippen LogP contribution in [-0.4, -0.2) is 17.5 Å². The highest BCUT2D eigenvalue weighted by Gasteiger charge is 2.25. The van der Waals surface area contributed by atoms with Gasteiger partial charge in [-0.1, -0.05) is 5.16 Å². The number of nitrogens with zero attached hydrogens (tertiary/aromatic N) is 2. The molecule has 1 heterocycles. The van der Waals surface area contributed by atoms with Gasteiger partial charge in [0, 0.05) is 5.38 Å². The molecule has 0 amide bonds. The van der Waals surface area contributed by atoms with E-state index in [-0.39, 0.29) is 0 Å². The van der Waals surface area contributed by atoms with E-state index in [9.17, 15) is 4.79 Å². The molecule has 1 aromatic heterocycles. The highest BCUT2D eigenvalue weighted by molar-refractivity contribution is 7.13. The molecule has 2 N–H and O–H groups in total. The molecule has 0 bridgehead atoms. The Labute approximate surface area is 85.6 Å². The number of nitrogen functional groups attached to an aromatic ring is 1. The maximum atomic E-state index is 9.84. The largest absolute Gasteiger partial charge is 0.383 e. The topological polar surface area (TPSA) is 77.6 Å². The fourth-order valence-electron chi connectivity index (χ4n) is 0.791. The number of anilines is 1. The van der Waals surface area contributed by atoms with Crippen LogP contribution in [0.15, 0.2) is 10.5 Å². The minimum Gasteiger partial charge on any atom is -0.383 e. The quantitative estimate of drug-likeness (QED) is 0.598. The number of carbonyl (C=O) groups excluding carboxylic acids is 1. The van der Waals surface area contributed by atoms with Crippen molar-refractivity contribution >= 4 is 29.0 Å². The van der Waals surface area contributed by atoms with Gasteiger partial charge in [0.2, 0.25) is 6.29 Å². The number of nitrogens with two attached hydrogens (primary N) is 1. The lowest BCUT2D eigenvalue weighted by Gasteiger charge is -2.19. The minimum atomic E-state index is -0.693. The third kappa shape index (κ3) is 2.53. The van der Waals surface area contributed by atoms with Crippen LogP contribution in [0.4, 0.5) is 5.13 Å². The Bertz CT molecular complexity index is 346. The molecule has 0 aliphatic heterocycles. The van der Waals surface area contributed by atoms with Crippen molar-refractivity contribution in [1.82, 2.24) is 4.98 Å². The molecular weight excluding hydrogens is 202 g/mol. The van der Waals surface area contributed by atoms with Gasteiger partial charge < -0.3 is 10.6 Å². The zero-order valence-corrected chi connectivity index (χ0v) is 8.67. The molecule has 0 saturated carbocycles. The number of hydrogen-bond donors (Lipinski definition) is 1. The van der Waals surface area contributed by atoms with E-state index in [4.69, 9.17) is 10.6 Å². The van der Waals surface area contributed by atoms with Gasteiger partial charge in [-0.3, -0.25) is 4.79 Å². The van der Waals surface area contributed by atoms with E-state index in [2.05, 4.69) is 10.1 Å². The molecule has 0 unspecified atom stereocenters. The summed E-state index contributed by atoms with van der Waals surface area (Å²) in [5, 5.41) is 5.68. The van der Waals surface area contributed by atoms with Crippen molar-refractivity contribution in [2.24, 2.45) is 5.16 Å². The second-order valence-corrected chi connectivity index (χ2v) is 3.91. The third-order valence-electron chi connectivity index (χ3n) is 1.53. The Balaban J connectivity index is 2.74. The van der Waals surface area contributed by atoms with Gasteiger partial charge in [0.15, 0.2) is 10.7 Å². The van der Waals surface area contributed by atoms with Crippen molar-refractivity contribution in [2.45, 2.75) is 19.4 Å². The lowest BCUT2D eigenvalue weighted by Crippen LogP contribution is -2.19. The van der Waals surface area contributed by atoms with Crippen molar-refractivity contribution in [3.8, 4) is 0 Å². The van der Waals surface area contributed by atoms with Gasteiger partial charge in [-0.05, 0) is 13.8 Å². The van der Waals surface area contributed by atoms with Crippen molar-refractivity contribution < 1.29 is 9.63 Å². The molecular formula is C8H10N3O2S. The summed E-state index contributed by atoms with van der Waals surface area (Å²) in [6.07, 6.45) is 2.40. The van der Waals surface area contributed by atoms with Gasteiger partial charge >= 0.3 is 0 Å². The molecule has 0 spiro atoms. The molecule has 1 rings (SSSR count). The number of aromatic nitrogens is 1. The van der Waals surface area contributed by atoms with Crippen LogP contribution in [0.2, 0.25) is 0 Å². The molecule has 0 aromatic carbocycles. The van der Waals surface area contributed by atoms with E-state index < -0.39 is 5.60 Å². The number of thiazole rings is 1. The fraction of sp³-hybridized carbons (Fsp3) is 0.375. The van der Waals surface area contributed by atoms with Gasteiger partial charge in [-0.25, -0.2) is 4.98 Å². The first-order valence-electron chi connectivity index (χ1n) is 3.85. The highest BCUT2D eigenvalue weighted by Crippen LogP contribution is 2.26. The lowest BCUT2D eigenvalue weighted by molar-refractivity contribution is -0.0200. The van der Waals surface area contributed by atoms with E-state index >= 15 is 0 Å². The second-order valence-electron chi connectivity index (χ2n) is 3.02. The molecule has 6 heteroatoms. The molecule has 0 atom stereocenters. The van der Waals surface area contributed by atoms with Crippen molar-refractivity contribution in [2.75, 3.05) is 5.73 Å². The van der Waals surface area contributed by atoms with E-state index in [0.717, 1.165) is 6.21 Å². The van der Waals surface area contributed by atoms with Crippen LogP contribution < -0.4 is 5.73 Å². The van der Waals surface area contributed by atoms with Crippen molar-refractivity contribution in [1.29, 1.82) is 0 Å². The minimum absolute atomic E-state index is 0.475. The van der Waals surface area contributed by atoms with Crippen LogP contribution in [-0.2, 0) is 15.2 Å². The average Bonchev–Trinajstić information content (AvgIpc) is 2.53. The number of rotatable bonds is 4. The van der Waals surface area contributed by atoms with Crippen LogP contribution >= 0.6 is 11.3 Å². The molecule has 14 heavy (non-hydrogen) atoms. The first-order valence-corrected chi connectivity index (χ1v) is 4.73. The fourth-order valence-corrected chi connectivity index (χ4v) is 1.51. The zero-order valence-electron chi connectivity index (χ0n) is 7.85. The smallest absolute Gasteiger partial charge is 0.248 e. The summed E-state index contributed by atoms with van der Waals surface area (Å²) < 4.78 is 0. The summed E-state index contributed by atoms with van der Waals surface area (Å²) in [4.78, 5) is 19.0. The summed E-state index contributed by atoms with van der Waals surface area (Å²) in [5.41, 5.74) is 5.47. The number of oxime groups is 1. The van der Waals surface area contributed by atoms with Gasteiger partial charge in [-0.2, -0.15) is 0 Å². The van der Waals surface area contributed by atoms with Gasteiger partial charge in [0.05, 0.1) is 5.69 Å². The molecule has 5 nitrogen and oxygen atoms in total. The molecule has 0 fully saturated rings. The van der Waals surface area contributed by atoms with E-state index in [1.807, 2.05) is 0 Å². The predicted octanol–water partition coefficient (Wildman–Crippen LogP) is 1.07. The van der Waals surface area contributed by atoms with Crippen LogP contribution in [0.25, 0.3) is 0 Å². The van der Waals surface area contributed by atoms with Crippen LogP contribution in [0.3, 0.4) is 0 Å². The standard InChI is InChI=1S/C8H10N3O2S/c1-8(2,13-10-3-4-12)6-5-14-7(9)11-6/h3,5H,1-2H3,(H2,9,11). The Morgan fingerprint density at radius 3 is 3.00 bits per heavy atom. The Morgan fingerprint density at radius 1 is 1.79 bits per heavy atom. The Kier molecular flexibility index (Phi) is 3.19. The predicted molar refractivity (Wildman–Crippen MR) is 54.8 cm³/mol. The third-order valence-corrected chi connectivity index (χ3v) is 2.20. The SMILES string of the molecule is CC(C)(ON=C[C]=O)c1csc(N)n1. The maximum Gasteiger partial charge on any atom is 0.248 e. The summed E-state index contributed by atoms with van der Waals surface area (Å²) in [6.45, 7) is 3.56. The molecule has 75 valence electrons. The second kappa shape index (κ2) is 4.19. The summed E-state index contributed by atoms with van der Waals surface area (Å²) in [5.74, 6) is 0. The molecule has 1 aromatic rings. The highest BCUT2D eigenvalue weighted by atomic mass is 32.1. The van der Waals surface area contributed by atoms with Crippen molar-refractivity contribution in [3.63, 3.8) is 0 Å². The lowest BCUT2D eigenvalue weighted by atomic mass is 10.1. The van der Waals surface area contributed by atoms with Gasteiger partial charge in [0.1, 0.15) is 6.21 Å². The van der Waals surface area contributed by atoms with E-state index in [1.165, 1.54) is 17.6 Å². The normalized spacial score (nSPS) is 11.9. The maximum absolute atomic E-state index is 9.84. The summed E-state index contributed by atoms with van der Waals surface area (Å²) in [6, 6.07) is 0. The molecule has 0 saturated heterocycles. The van der Waals surface area contributed by atoms with E-state index in [0.29, 0.717) is 10.8 Å². The molecule has 0 aliphatic carbocycles. The Hall–Kier alpha value is -1.43. The molecule has 1 radical (unpaired) electrons. The van der Waals surface area contributed by atoms with Crippen molar-refractivity contribution in [3.05, 3.63) is 11.1 Å². The first kappa shape index (κ1) is 10.6. The summed E-state index contributed by atoms with van der Waals surface area (Å²) >= 11 is 1.33. The number of hydrogen-bond acceptors (Lipinski definition) is 6. The zero-order chi connectivity index (χ0) is 10.6. The van der Waals surface area contributed by atoms with Gasteiger partial charge in [-0.15, -0.1) is 11.3 Å². The van der Waals surface area contributed by atoms with Gasteiger partial charge in [0.25, 0.3) is 0 Å².